The maximum absolute atomic E-state index is 12.0. The number of ether oxygens (including phenoxy) is 3. The van der Waals surface area contributed by atoms with Gasteiger partial charge in [-0.2, -0.15) is 5.10 Å². The van der Waals surface area contributed by atoms with Crippen molar-refractivity contribution in [3.63, 3.8) is 0 Å². The third kappa shape index (κ3) is 5.71. The van der Waals surface area contributed by atoms with Crippen LogP contribution >= 0.6 is 0 Å². The van der Waals surface area contributed by atoms with Crippen molar-refractivity contribution < 1.29 is 19.0 Å². The quantitative estimate of drug-likeness (QED) is 0.227. The fourth-order valence-corrected chi connectivity index (χ4v) is 5.22. The molecule has 1 fully saturated rings. The van der Waals surface area contributed by atoms with E-state index >= 15 is 0 Å². The summed E-state index contributed by atoms with van der Waals surface area (Å²) in [6.45, 7) is 6.90. The average molecular weight is 581 g/mol. The molecule has 1 saturated heterocycles. The molecular formula is C31H32N8O4. The highest BCUT2D eigenvalue weighted by atomic mass is 16.5. The van der Waals surface area contributed by atoms with E-state index in [4.69, 9.17) is 14.2 Å². The summed E-state index contributed by atoms with van der Waals surface area (Å²) < 4.78 is 19.3. The minimum atomic E-state index is -0.0340. The summed E-state index contributed by atoms with van der Waals surface area (Å²) in [5.41, 5.74) is 3.87. The van der Waals surface area contributed by atoms with E-state index in [0.717, 1.165) is 40.7 Å². The molecule has 0 unspecified atom stereocenters. The van der Waals surface area contributed by atoms with Gasteiger partial charge in [0.15, 0.2) is 5.65 Å². The molecule has 4 heterocycles. The predicted molar refractivity (Wildman–Crippen MR) is 164 cm³/mol. The smallest absolute Gasteiger partial charge is 0.245 e. The van der Waals surface area contributed by atoms with Gasteiger partial charge in [0.1, 0.15) is 41.5 Å². The van der Waals surface area contributed by atoms with Crippen LogP contribution in [0.1, 0.15) is 18.4 Å². The number of benzene rings is 2. The van der Waals surface area contributed by atoms with Crippen LogP contribution < -0.4 is 24.8 Å². The molecule has 0 spiro atoms. The van der Waals surface area contributed by atoms with Gasteiger partial charge >= 0.3 is 0 Å². The van der Waals surface area contributed by atoms with Crippen molar-refractivity contribution in [3.8, 4) is 23.0 Å². The Morgan fingerprint density at radius 1 is 0.977 bits per heavy atom. The first-order chi connectivity index (χ1) is 20.9. The number of aromatic nitrogens is 5. The van der Waals surface area contributed by atoms with Crippen LogP contribution in [0.2, 0.25) is 0 Å². The van der Waals surface area contributed by atoms with Crippen LogP contribution in [-0.4, -0.2) is 68.7 Å². The second-order valence-electron chi connectivity index (χ2n) is 10.2. The number of methoxy groups -OCH3 is 2. The first-order valence-electron chi connectivity index (χ1n) is 13.9. The SMILES string of the molecule is C=CC(=O)N1CCC(Nc2cc3c(Nc4cc(C)c(Oc5ccn6ncnc6c5)cc4OC)ncnc3cc2OC)CC1. The summed E-state index contributed by atoms with van der Waals surface area (Å²) in [7, 11) is 3.25. The van der Waals surface area contributed by atoms with Gasteiger partial charge in [0, 0.05) is 48.9 Å². The predicted octanol–water partition coefficient (Wildman–Crippen LogP) is 5.12. The molecule has 43 heavy (non-hydrogen) atoms. The number of nitrogens with zero attached hydrogens (tertiary/aromatic N) is 6. The number of carbonyl (C=O) groups excluding carboxylic acids is 1. The van der Waals surface area contributed by atoms with Crippen molar-refractivity contribution in [1.29, 1.82) is 0 Å². The number of carbonyl (C=O) groups is 1. The molecule has 0 radical (unpaired) electrons. The lowest BCUT2D eigenvalue weighted by Crippen LogP contribution is -2.41. The molecule has 1 amide bonds. The van der Waals surface area contributed by atoms with Gasteiger partial charge in [-0.05, 0) is 49.6 Å². The molecule has 5 aromatic rings. The van der Waals surface area contributed by atoms with Crippen molar-refractivity contribution in [3.05, 3.63) is 73.5 Å². The van der Waals surface area contributed by atoms with E-state index in [1.165, 1.54) is 18.7 Å². The van der Waals surface area contributed by atoms with Gasteiger partial charge in [-0.1, -0.05) is 6.58 Å². The number of pyridine rings is 1. The molecule has 220 valence electrons. The Bertz CT molecular complexity index is 1810. The van der Waals surface area contributed by atoms with Crippen molar-refractivity contribution in [2.24, 2.45) is 0 Å². The number of rotatable bonds is 9. The number of amides is 1. The molecule has 2 N–H and O–H groups in total. The number of aryl methyl sites for hydroxylation is 1. The summed E-state index contributed by atoms with van der Waals surface area (Å²) in [6.07, 6.45) is 7.80. The number of nitrogens with one attached hydrogen (secondary N) is 2. The molecule has 0 saturated carbocycles. The zero-order valence-corrected chi connectivity index (χ0v) is 24.2. The van der Waals surface area contributed by atoms with Crippen LogP contribution in [0.4, 0.5) is 17.2 Å². The molecule has 1 aliphatic heterocycles. The Morgan fingerprint density at radius 3 is 2.53 bits per heavy atom. The Balaban J connectivity index is 1.26. The van der Waals surface area contributed by atoms with Gasteiger partial charge < -0.3 is 29.7 Å². The summed E-state index contributed by atoms with van der Waals surface area (Å²) in [5, 5.41) is 12.0. The molecule has 6 rings (SSSR count). The Labute approximate surface area is 248 Å². The van der Waals surface area contributed by atoms with E-state index in [-0.39, 0.29) is 11.9 Å². The fraction of sp³-hybridized carbons (Fsp3) is 0.258. The number of likely N-dealkylation sites (tertiary alicyclic amines) is 1. The lowest BCUT2D eigenvalue weighted by molar-refractivity contribution is -0.126. The molecular weight excluding hydrogens is 548 g/mol. The van der Waals surface area contributed by atoms with Crippen molar-refractivity contribution in [1.82, 2.24) is 29.5 Å². The molecule has 1 aliphatic rings. The first kappa shape index (κ1) is 27.8. The second-order valence-corrected chi connectivity index (χ2v) is 10.2. The van der Waals surface area contributed by atoms with E-state index < -0.39 is 0 Å². The first-order valence-corrected chi connectivity index (χ1v) is 13.9. The lowest BCUT2D eigenvalue weighted by atomic mass is 10.0. The van der Waals surface area contributed by atoms with E-state index in [1.807, 2.05) is 48.2 Å². The summed E-state index contributed by atoms with van der Waals surface area (Å²) in [5.74, 6) is 3.14. The molecule has 0 atom stereocenters. The Morgan fingerprint density at radius 2 is 1.77 bits per heavy atom. The average Bonchev–Trinajstić information content (AvgIpc) is 3.50. The molecule has 0 bridgehead atoms. The third-order valence-electron chi connectivity index (χ3n) is 7.53. The monoisotopic (exact) mass is 580 g/mol. The highest BCUT2D eigenvalue weighted by molar-refractivity contribution is 5.95. The number of anilines is 3. The Kier molecular flexibility index (Phi) is 7.65. The largest absolute Gasteiger partial charge is 0.495 e. The number of fused-ring (bicyclic) bond motifs is 2. The molecule has 3 aromatic heterocycles. The van der Waals surface area contributed by atoms with Gasteiger partial charge in [0.2, 0.25) is 5.91 Å². The van der Waals surface area contributed by atoms with Crippen molar-refractivity contribution in [2.75, 3.05) is 37.9 Å². The van der Waals surface area contributed by atoms with E-state index in [1.54, 1.807) is 24.9 Å². The maximum atomic E-state index is 12.0. The summed E-state index contributed by atoms with van der Waals surface area (Å²) in [4.78, 5) is 27.1. The zero-order valence-electron chi connectivity index (χ0n) is 24.2. The summed E-state index contributed by atoms with van der Waals surface area (Å²) >= 11 is 0. The van der Waals surface area contributed by atoms with Gasteiger partial charge in [0.05, 0.1) is 31.1 Å². The van der Waals surface area contributed by atoms with Gasteiger partial charge in [-0.25, -0.2) is 19.5 Å². The highest BCUT2D eigenvalue weighted by Crippen LogP contribution is 2.39. The van der Waals surface area contributed by atoms with Crippen molar-refractivity contribution in [2.45, 2.75) is 25.8 Å². The topological polar surface area (TPSA) is 128 Å². The lowest BCUT2D eigenvalue weighted by Gasteiger charge is -2.32. The minimum Gasteiger partial charge on any atom is -0.495 e. The second kappa shape index (κ2) is 11.8. The van der Waals surface area contributed by atoms with Crippen molar-refractivity contribution >= 4 is 39.6 Å². The zero-order chi connectivity index (χ0) is 29.9. The van der Waals surface area contributed by atoms with Crippen LogP contribution in [0.25, 0.3) is 16.6 Å². The standard InChI is InChI=1S/C31H32N8O4/c1-5-30(40)38-9-6-20(7-10-38)36-25-14-22-23(15-27(25)41-3)32-17-34-31(22)37-24-12-19(2)26(16-28(24)42-4)43-21-8-11-39-29(13-21)33-18-35-39/h5,8,11-18,20,36H,1,6-7,9-10H2,2-4H3,(H,32,34,37). The molecule has 12 heteroatoms. The minimum absolute atomic E-state index is 0.0340. The fourth-order valence-electron chi connectivity index (χ4n) is 5.22. The molecule has 2 aromatic carbocycles. The molecule has 12 nitrogen and oxygen atoms in total. The van der Waals surface area contributed by atoms with Crippen LogP contribution in [0.5, 0.6) is 23.0 Å². The van der Waals surface area contributed by atoms with E-state index in [2.05, 4.69) is 37.3 Å². The number of hydrogen-bond acceptors (Lipinski definition) is 10. The highest BCUT2D eigenvalue weighted by Gasteiger charge is 2.23. The van der Waals surface area contributed by atoms with Crippen LogP contribution in [0.3, 0.4) is 0 Å². The van der Waals surface area contributed by atoms with Gasteiger partial charge in [-0.3, -0.25) is 4.79 Å². The van der Waals surface area contributed by atoms with E-state index in [9.17, 15) is 4.79 Å². The van der Waals surface area contributed by atoms with Crippen LogP contribution in [0, 0.1) is 6.92 Å². The number of hydrogen-bond donors (Lipinski definition) is 2. The van der Waals surface area contributed by atoms with E-state index in [0.29, 0.717) is 47.6 Å². The number of piperidine rings is 1. The van der Waals surface area contributed by atoms with Gasteiger partial charge in [-0.15, -0.1) is 0 Å². The normalized spacial score (nSPS) is 13.6. The van der Waals surface area contributed by atoms with Crippen LogP contribution in [0.15, 0.2) is 67.9 Å². The van der Waals surface area contributed by atoms with Gasteiger partial charge in [0.25, 0.3) is 0 Å². The van der Waals surface area contributed by atoms with Crippen LogP contribution in [-0.2, 0) is 4.79 Å². The third-order valence-corrected chi connectivity index (χ3v) is 7.53. The summed E-state index contributed by atoms with van der Waals surface area (Å²) in [6, 6.07) is 11.5. The Hall–Kier alpha value is -5.39. The molecule has 0 aliphatic carbocycles. The maximum Gasteiger partial charge on any atom is 0.245 e.